The van der Waals surface area contributed by atoms with Crippen LogP contribution in [0.3, 0.4) is 0 Å². The standard InChI is InChI=1S/C20H24/c1-4-15-11-12-17-16(13-15)14-20(5-2,6-3)19-10-8-7-9-18(17)19/h7-13H,4-6,14H2,1-3H3. The molecular weight excluding hydrogens is 240 g/mol. The summed E-state index contributed by atoms with van der Waals surface area (Å²) >= 11 is 0. The van der Waals surface area contributed by atoms with Crippen molar-refractivity contribution in [3.8, 4) is 11.1 Å². The second kappa shape index (κ2) is 5.09. The molecule has 0 bridgehead atoms. The Morgan fingerprint density at radius 2 is 1.65 bits per heavy atom. The van der Waals surface area contributed by atoms with E-state index < -0.39 is 0 Å². The molecule has 0 aliphatic heterocycles. The summed E-state index contributed by atoms with van der Waals surface area (Å²) in [4.78, 5) is 0. The second-order valence-electron chi connectivity index (χ2n) is 6.05. The van der Waals surface area contributed by atoms with Crippen LogP contribution in [0, 0.1) is 0 Å². The van der Waals surface area contributed by atoms with E-state index >= 15 is 0 Å². The van der Waals surface area contributed by atoms with E-state index in [0.717, 1.165) is 6.42 Å². The van der Waals surface area contributed by atoms with Gasteiger partial charge in [-0.2, -0.15) is 0 Å². The van der Waals surface area contributed by atoms with E-state index in [4.69, 9.17) is 0 Å². The summed E-state index contributed by atoms with van der Waals surface area (Å²) < 4.78 is 0. The second-order valence-corrected chi connectivity index (χ2v) is 6.05. The fourth-order valence-corrected chi connectivity index (χ4v) is 3.80. The number of hydrogen-bond acceptors (Lipinski definition) is 0. The quantitative estimate of drug-likeness (QED) is 0.683. The lowest BCUT2D eigenvalue weighted by molar-refractivity contribution is 0.389. The number of fused-ring (bicyclic) bond motifs is 3. The predicted octanol–water partition coefficient (Wildman–Crippen LogP) is 5.53. The molecule has 0 fully saturated rings. The van der Waals surface area contributed by atoms with Gasteiger partial charge in [0.05, 0.1) is 0 Å². The van der Waals surface area contributed by atoms with Crippen LogP contribution in [0.25, 0.3) is 11.1 Å². The van der Waals surface area contributed by atoms with Crippen LogP contribution in [0.1, 0.15) is 50.3 Å². The van der Waals surface area contributed by atoms with E-state index in [9.17, 15) is 0 Å². The van der Waals surface area contributed by atoms with Crippen molar-refractivity contribution in [3.05, 3.63) is 59.2 Å². The van der Waals surface area contributed by atoms with Crippen molar-refractivity contribution < 1.29 is 0 Å². The number of rotatable bonds is 3. The van der Waals surface area contributed by atoms with Crippen molar-refractivity contribution in [2.45, 2.75) is 51.9 Å². The maximum absolute atomic E-state index is 2.44. The van der Waals surface area contributed by atoms with Crippen LogP contribution in [-0.4, -0.2) is 0 Å². The summed E-state index contributed by atoms with van der Waals surface area (Å²) in [5, 5.41) is 0. The van der Waals surface area contributed by atoms with Crippen molar-refractivity contribution in [2.24, 2.45) is 0 Å². The molecule has 0 saturated carbocycles. The number of benzene rings is 2. The highest BCUT2D eigenvalue weighted by atomic mass is 14.4. The first-order valence-corrected chi connectivity index (χ1v) is 7.95. The summed E-state index contributed by atoms with van der Waals surface area (Å²) in [6.45, 7) is 6.93. The molecule has 0 amide bonds. The van der Waals surface area contributed by atoms with Crippen molar-refractivity contribution in [2.75, 3.05) is 0 Å². The molecule has 0 nitrogen and oxygen atoms in total. The van der Waals surface area contributed by atoms with Crippen molar-refractivity contribution >= 4 is 0 Å². The lowest BCUT2D eigenvalue weighted by Crippen LogP contribution is -2.31. The van der Waals surface area contributed by atoms with Crippen LogP contribution >= 0.6 is 0 Å². The highest BCUT2D eigenvalue weighted by Crippen LogP contribution is 2.46. The maximum Gasteiger partial charge on any atom is -0.000552 e. The monoisotopic (exact) mass is 264 g/mol. The maximum atomic E-state index is 2.44. The molecule has 0 aromatic heterocycles. The molecule has 1 aliphatic rings. The smallest absolute Gasteiger partial charge is 0.000552 e. The Bertz CT molecular complexity index is 618. The zero-order valence-corrected chi connectivity index (χ0v) is 12.9. The Hall–Kier alpha value is -1.56. The minimum absolute atomic E-state index is 0.329. The van der Waals surface area contributed by atoms with Gasteiger partial charge in [0.2, 0.25) is 0 Å². The Balaban J connectivity index is 2.25. The van der Waals surface area contributed by atoms with Gasteiger partial charge in [-0.25, -0.2) is 0 Å². The highest BCUT2D eigenvalue weighted by Gasteiger charge is 2.35. The molecule has 0 radical (unpaired) electrons. The average Bonchev–Trinajstić information content (AvgIpc) is 2.53. The molecule has 0 saturated heterocycles. The summed E-state index contributed by atoms with van der Waals surface area (Å²) in [7, 11) is 0. The SMILES string of the molecule is CCc1ccc2c(c1)CC(CC)(CC)c1ccccc1-2. The molecule has 104 valence electrons. The Kier molecular flexibility index (Phi) is 3.41. The largest absolute Gasteiger partial charge is 0.0645 e. The van der Waals surface area contributed by atoms with Gasteiger partial charge in [-0.05, 0) is 58.9 Å². The van der Waals surface area contributed by atoms with Gasteiger partial charge in [-0.1, -0.05) is 63.2 Å². The van der Waals surface area contributed by atoms with Gasteiger partial charge in [-0.3, -0.25) is 0 Å². The van der Waals surface area contributed by atoms with Crippen molar-refractivity contribution in [3.63, 3.8) is 0 Å². The molecule has 0 spiro atoms. The fourth-order valence-electron chi connectivity index (χ4n) is 3.80. The first kappa shape index (κ1) is 13.4. The Morgan fingerprint density at radius 1 is 0.900 bits per heavy atom. The zero-order chi connectivity index (χ0) is 14.2. The summed E-state index contributed by atoms with van der Waals surface area (Å²) in [5.41, 5.74) is 7.81. The first-order chi connectivity index (χ1) is 9.74. The molecule has 0 heterocycles. The Labute approximate surface area is 122 Å². The third kappa shape index (κ3) is 1.90. The lowest BCUT2D eigenvalue weighted by atomic mass is 9.65. The molecule has 0 unspecified atom stereocenters. The molecule has 0 N–H and O–H groups in total. The fraction of sp³-hybridized carbons (Fsp3) is 0.400. The van der Waals surface area contributed by atoms with E-state index in [2.05, 4.69) is 63.2 Å². The summed E-state index contributed by atoms with van der Waals surface area (Å²) in [5.74, 6) is 0. The van der Waals surface area contributed by atoms with Gasteiger partial charge in [-0.15, -0.1) is 0 Å². The number of aryl methyl sites for hydroxylation is 1. The van der Waals surface area contributed by atoms with Gasteiger partial charge >= 0.3 is 0 Å². The van der Waals surface area contributed by atoms with Crippen LogP contribution in [0.15, 0.2) is 42.5 Å². The van der Waals surface area contributed by atoms with E-state index in [1.807, 2.05) is 0 Å². The molecule has 20 heavy (non-hydrogen) atoms. The van der Waals surface area contributed by atoms with Crippen molar-refractivity contribution in [1.29, 1.82) is 0 Å². The minimum atomic E-state index is 0.329. The van der Waals surface area contributed by atoms with Gasteiger partial charge in [0.1, 0.15) is 0 Å². The van der Waals surface area contributed by atoms with E-state index in [1.165, 1.54) is 36.0 Å². The number of hydrogen-bond donors (Lipinski definition) is 0. The first-order valence-electron chi connectivity index (χ1n) is 7.95. The third-order valence-electron chi connectivity index (χ3n) is 5.25. The molecule has 2 aromatic rings. The lowest BCUT2D eigenvalue weighted by Gasteiger charge is -2.39. The molecule has 3 rings (SSSR count). The van der Waals surface area contributed by atoms with Gasteiger partial charge in [0.25, 0.3) is 0 Å². The molecule has 1 aliphatic carbocycles. The average molecular weight is 264 g/mol. The van der Waals surface area contributed by atoms with Gasteiger partial charge in [0.15, 0.2) is 0 Å². The zero-order valence-electron chi connectivity index (χ0n) is 12.9. The van der Waals surface area contributed by atoms with Crippen LogP contribution in [0.2, 0.25) is 0 Å². The van der Waals surface area contributed by atoms with Crippen LogP contribution < -0.4 is 0 Å². The van der Waals surface area contributed by atoms with Crippen molar-refractivity contribution in [1.82, 2.24) is 0 Å². The van der Waals surface area contributed by atoms with E-state index in [-0.39, 0.29) is 0 Å². The molecule has 0 atom stereocenters. The summed E-state index contributed by atoms with van der Waals surface area (Å²) in [6, 6.07) is 16.1. The third-order valence-corrected chi connectivity index (χ3v) is 5.25. The van der Waals surface area contributed by atoms with Crippen LogP contribution in [-0.2, 0) is 18.3 Å². The Morgan fingerprint density at radius 3 is 2.35 bits per heavy atom. The van der Waals surface area contributed by atoms with Gasteiger partial charge < -0.3 is 0 Å². The minimum Gasteiger partial charge on any atom is -0.0645 e. The molecule has 0 heteroatoms. The van der Waals surface area contributed by atoms with Crippen LogP contribution in [0.4, 0.5) is 0 Å². The normalized spacial score (nSPS) is 15.6. The van der Waals surface area contributed by atoms with E-state index in [1.54, 1.807) is 11.1 Å². The van der Waals surface area contributed by atoms with Gasteiger partial charge in [0, 0.05) is 0 Å². The molecule has 2 aromatic carbocycles. The predicted molar refractivity (Wildman–Crippen MR) is 87.2 cm³/mol. The van der Waals surface area contributed by atoms with Crippen LogP contribution in [0.5, 0.6) is 0 Å². The topological polar surface area (TPSA) is 0 Å². The summed E-state index contributed by atoms with van der Waals surface area (Å²) in [6.07, 6.45) is 4.76. The molecular formula is C20H24. The van der Waals surface area contributed by atoms with E-state index in [0.29, 0.717) is 5.41 Å². The highest BCUT2D eigenvalue weighted by molar-refractivity contribution is 5.75.